The van der Waals surface area contributed by atoms with E-state index < -0.39 is 0 Å². The molecule has 0 fully saturated rings. The van der Waals surface area contributed by atoms with Gasteiger partial charge in [0.05, 0.1) is 0 Å². The molecule has 1 heteroatoms. The van der Waals surface area contributed by atoms with Crippen LogP contribution >= 0.6 is 0 Å². The molecule has 1 aromatic rings. The van der Waals surface area contributed by atoms with Crippen molar-refractivity contribution >= 4 is 5.69 Å². The Morgan fingerprint density at radius 3 is 2.43 bits per heavy atom. The number of para-hydroxylation sites is 1. The zero-order valence-corrected chi connectivity index (χ0v) is 8.70. The highest BCUT2D eigenvalue weighted by atomic mass is 15.1. The van der Waals surface area contributed by atoms with Gasteiger partial charge in [-0.25, -0.2) is 0 Å². The van der Waals surface area contributed by atoms with Gasteiger partial charge in [0.15, 0.2) is 0 Å². The van der Waals surface area contributed by atoms with Gasteiger partial charge < -0.3 is 4.90 Å². The maximum atomic E-state index is 2.31. The topological polar surface area (TPSA) is 3.24 Å². The van der Waals surface area contributed by atoms with Crippen LogP contribution in [-0.4, -0.2) is 6.54 Å². The molecule has 1 aliphatic heterocycles. The first kappa shape index (κ1) is 9.07. The van der Waals surface area contributed by atoms with Crippen LogP contribution in [-0.2, 0) is 0 Å². The van der Waals surface area contributed by atoms with Crippen LogP contribution in [0.15, 0.2) is 53.8 Å². The molecule has 0 unspecified atom stereocenters. The molecule has 0 spiro atoms. The van der Waals surface area contributed by atoms with Crippen molar-refractivity contribution in [3.05, 3.63) is 53.8 Å². The van der Waals surface area contributed by atoms with Gasteiger partial charge in [-0.15, -0.1) is 0 Å². The molecule has 72 valence electrons. The molecular formula is C13H15N. The minimum absolute atomic E-state index is 0.984. The summed E-state index contributed by atoms with van der Waals surface area (Å²) in [5.41, 5.74) is 3.94. The number of benzene rings is 1. The fourth-order valence-corrected chi connectivity index (χ4v) is 1.76. The maximum absolute atomic E-state index is 2.31. The van der Waals surface area contributed by atoms with E-state index in [9.17, 15) is 0 Å². The SMILES string of the molecule is CC1=CCN(c2ccccc2)C(C)=C1. The summed E-state index contributed by atoms with van der Waals surface area (Å²) in [6, 6.07) is 10.5. The second-order valence-corrected chi connectivity index (χ2v) is 3.68. The molecule has 1 aliphatic rings. The first-order chi connectivity index (χ1) is 6.77. The molecule has 0 amide bonds. The molecule has 1 aromatic carbocycles. The predicted octanol–water partition coefficient (Wildman–Crippen LogP) is 3.36. The van der Waals surface area contributed by atoms with Gasteiger partial charge in [0.25, 0.3) is 0 Å². The number of hydrogen-bond donors (Lipinski definition) is 0. The Labute approximate surface area is 85.4 Å². The van der Waals surface area contributed by atoms with Crippen LogP contribution in [0.4, 0.5) is 5.69 Å². The van der Waals surface area contributed by atoms with E-state index in [1.54, 1.807) is 0 Å². The van der Waals surface area contributed by atoms with Crippen molar-refractivity contribution < 1.29 is 0 Å². The Hall–Kier alpha value is -1.50. The summed E-state index contributed by atoms with van der Waals surface area (Å²) in [6.45, 7) is 5.29. The molecule has 0 atom stereocenters. The smallest absolute Gasteiger partial charge is 0.0414 e. The monoisotopic (exact) mass is 185 g/mol. The van der Waals surface area contributed by atoms with Gasteiger partial charge >= 0.3 is 0 Å². The third-order valence-corrected chi connectivity index (χ3v) is 2.53. The molecule has 0 radical (unpaired) electrons. The van der Waals surface area contributed by atoms with Crippen molar-refractivity contribution in [2.24, 2.45) is 0 Å². The van der Waals surface area contributed by atoms with Crippen molar-refractivity contribution in [2.75, 3.05) is 11.4 Å². The van der Waals surface area contributed by atoms with Crippen LogP contribution in [0, 0.1) is 0 Å². The Kier molecular flexibility index (Phi) is 2.40. The van der Waals surface area contributed by atoms with E-state index in [-0.39, 0.29) is 0 Å². The standard InChI is InChI=1S/C13H15N/c1-11-8-9-14(12(2)10-11)13-6-4-3-5-7-13/h3-8,10H,9H2,1-2H3. The molecule has 0 saturated carbocycles. The Morgan fingerprint density at radius 1 is 1.07 bits per heavy atom. The highest BCUT2D eigenvalue weighted by Crippen LogP contribution is 2.22. The molecule has 0 saturated heterocycles. The summed E-state index contributed by atoms with van der Waals surface area (Å²) < 4.78 is 0. The third-order valence-electron chi connectivity index (χ3n) is 2.53. The lowest BCUT2D eigenvalue weighted by Gasteiger charge is -2.27. The largest absolute Gasteiger partial charge is 0.342 e. The predicted molar refractivity (Wildman–Crippen MR) is 61.3 cm³/mol. The quantitative estimate of drug-likeness (QED) is 0.648. The fraction of sp³-hybridized carbons (Fsp3) is 0.231. The van der Waals surface area contributed by atoms with Crippen LogP contribution in [0.2, 0.25) is 0 Å². The van der Waals surface area contributed by atoms with Gasteiger partial charge in [0.2, 0.25) is 0 Å². The number of allylic oxidation sites excluding steroid dienone is 3. The van der Waals surface area contributed by atoms with Crippen LogP contribution in [0.25, 0.3) is 0 Å². The van der Waals surface area contributed by atoms with Gasteiger partial charge in [-0.1, -0.05) is 29.8 Å². The molecule has 0 aromatic heterocycles. The van der Waals surface area contributed by atoms with Crippen molar-refractivity contribution in [1.29, 1.82) is 0 Å². The van der Waals surface area contributed by atoms with Crippen molar-refractivity contribution in [3.8, 4) is 0 Å². The van der Waals surface area contributed by atoms with Gasteiger partial charge in [-0.3, -0.25) is 0 Å². The molecule has 0 N–H and O–H groups in total. The van der Waals surface area contributed by atoms with Gasteiger partial charge in [-0.05, 0) is 32.1 Å². The lowest BCUT2D eigenvalue weighted by molar-refractivity contribution is 0.978. The van der Waals surface area contributed by atoms with Crippen molar-refractivity contribution in [1.82, 2.24) is 0 Å². The van der Waals surface area contributed by atoms with E-state index in [1.165, 1.54) is 17.0 Å². The van der Waals surface area contributed by atoms with E-state index in [0.29, 0.717) is 0 Å². The second kappa shape index (κ2) is 3.70. The van der Waals surface area contributed by atoms with Crippen LogP contribution < -0.4 is 4.90 Å². The lowest BCUT2D eigenvalue weighted by atomic mass is 10.1. The van der Waals surface area contributed by atoms with Gasteiger partial charge in [-0.2, -0.15) is 0 Å². The summed E-state index contributed by atoms with van der Waals surface area (Å²) in [5.74, 6) is 0. The van der Waals surface area contributed by atoms with Crippen LogP contribution in [0.1, 0.15) is 13.8 Å². The highest BCUT2D eigenvalue weighted by molar-refractivity contribution is 5.54. The summed E-state index contributed by atoms with van der Waals surface area (Å²) in [5, 5.41) is 0. The van der Waals surface area contributed by atoms with Gasteiger partial charge in [0.1, 0.15) is 0 Å². The van der Waals surface area contributed by atoms with E-state index in [4.69, 9.17) is 0 Å². The van der Waals surface area contributed by atoms with Crippen LogP contribution in [0.5, 0.6) is 0 Å². The summed E-state index contributed by atoms with van der Waals surface area (Å²) in [4.78, 5) is 2.31. The Morgan fingerprint density at radius 2 is 1.79 bits per heavy atom. The molecule has 14 heavy (non-hydrogen) atoms. The molecule has 0 bridgehead atoms. The van der Waals surface area contributed by atoms with Crippen molar-refractivity contribution in [2.45, 2.75) is 13.8 Å². The van der Waals surface area contributed by atoms with Gasteiger partial charge in [0, 0.05) is 17.9 Å². The zero-order chi connectivity index (χ0) is 9.97. The zero-order valence-electron chi connectivity index (χ0n) is 8.70. The van der Waals surface area contributed by atoms with Crippen molar-refractivity contribution in [3.63, 3.8) is 0 Å². The van der Waals surface area contributed by atoms with E-state index >= 15 is 0 Å². The second-order valence-electron chi connectivity index (χ2n) is 3.68. The number of hydrogen-bond acceptors (Lipinski definition) is 1. The van der Waals surface area contributed by atoms with E-state index in [1.807, 2.05) is 6.07 Å². The normalized spacial score (nSPS) is 16.3. The summed E-state index contributed by atoms with van der Waals surface area (Å²) >= 11 is 0. The third kappa shape index (κ3) is 1.72. The molecular weight excluding hydrogens is 170 g/mol. The van der Waals surface area contributed by atoms with E-state index in [0.717, 1.165) is 6.54 Å². The minimum atomic E-state index is 0.984. The Balaban J connectivity index is 2.27. The lowest BCUT2D eigenvalue weighted by Crippen LogP contribution is -2.23. The number of anilines is 1. The number of rotatable bonds is 1. The average molecular weight is 185 g/mol. The maximum Gasteiger partial charge on any atom is 0.0414 e. The highest BCUT2D eigenvalue weighted by Gasteiger charge is 2.09. The van der Waals surface area contributed by atoms with Crippen LogP contribution in [0.3, 0.4) is 0 Å². The van der Waals surface area contributed by atoms with E-state index in [2.05, 4.69) is 55.2 Å². The Bertz CT molecular complexity index is 373. The minimum Gasteiger partial charge on any atom is -0.342 e. The summed E-state index contributed by atoms with van der Waals surface area (Å²) in [6.07, 6.45) is 4.47. The summed E-state index contributed by atoms with van der Waals surface area (Å²) in [7, 11) is 0. The fourth-order valence-electron chi connectivity index (χ4n) is 1.76. The molecule has 2 rings (SSSR count). The average Bonchev–Trinajstić information content (AvgIpc) is 2.19. The first-order valence-corrected chi connectivity index (χ1v) is 4.95. The molecule has 1 heterocycles. The first-order valence-electron chi connectivity index (χ1n) is 4.95. The molecule has 0 aliphatic carbocycles. The number of nitrogens with zero attached hydrogens (tertiary/aromatic N) is 1. The molecule has 1 nitrogen and oxygen atoms in total.